The van der Waals surface area contributed by atoms with Crippen LogP contribution < -0.4 is 4.74 Å². The smallest absolute Gasteiger partial charge is 0.177 e. The molecule has 0 bridgehead atoms. The van der Waals surface area contributed by atoms with Gasteiger partial charge in [-0.2, -0.15) is 5.26 Å². The molecule has 28 heavy (non-hydrogen) atoms. The zero-order valence-electron chi connectivity index (χ0n) is 15.8. The van der Waals surface area contributed by atoms with Crippen LogP contribution in [-0.4, -0.2) is 11.5 Å². The molecule has 0 amide bonds. The highest BCUT2D eigenvalue weighted by molar-refractivity contribution is 6.29. The van der Waals surface area contributed by atoms with Crippen molar-refractivity contribution in [3.63, 3.8) is 0 Å². The Balaban J connectivity index is 1.73. The largest absolute Gasteiger partial charge is 0.457 e. The number of ether oxygens (including phenoxy) is 1. The van der Waals surface area contributed by atoms with E-state index in [1.807, 2.05) is 36.4 Å². The van der Waals surface area contributed by atoms with Crippen LogP contribution in [0.3, 0.4) is 0 Å². The SMILES string of the molecule is CC(C)Cc1ccc(Oc2ccc3c4c(cccc24)C(=O)C3C(=N)C#N)cc1. The van der Waals surface area contributed by atoms with Gasteiger partial charge in [0.1, 0.15) is 23.3 Å². The minimum Gasteiger partial charge on any atom is -0.457 e. The number of nitrogens with one attached hydrogen (secondary N) is 1. The lowest BCUT2D eigenvalue weighted by Crippen LogP contribution is -2.15. The first-order valence-electron chi connectivity index (χ1n) is 9.34. The lowest BCUT2D eigenvalue weighted by atomic mass is 9.94. The fourth-order valence-electron chi connectivity index (χ4n) is 3.88. The van der Waals surface area contributed by atoms with Crippen LogP contribution in [0.1, 0.15) is 41.3 Å². The number of ketones is 1. The van der Waals surface area contributed by atoms with Crippen LogP contribution in [0.25, 0.3) is 10.8 Å². The summed E-state index contributed by atoms with van der Waals surface area (Å²) in [6.07, 6.45) is 1.02. The molecule has 4 rings (SSSR count). The van der Waals surface area contributed by atoms with Gasteiger partial charge >= 0.3 is 0 Å². The Morgan fingerprint density at radius 3 is 2.57 bits per heavy atom. The summed E-state index contributed by atoms with van der Waals surface area (Å²) in [5, 5.41) is 18.6. The van der Waals surface area contributed by atoms with Gasteiger partial charge in [-0.15, -0.1) is 0 Å². The van der Waals surface area contributed by atoms with Crippen molar-refractivity contribution in [2.75, 3.05) is 0 Å². The summed E-state index contributed by atoms with van der Waals surface area (Å²) in [7, 11) is 0. The van der Waals surface area contributed by atoms with E-state index in [2.05, 4.69) is 26.0 Å². The fourth-order valence-corrected chi connectivity index (χ4v) is 3.88. The lowest BCUT2D eigenvalue weighted by Gasteiger charge is -2.12. The van der Waals surface area contributed by atoms with E-state index in [0.29, 0.717) is 22.8 Å². The molecule has 0 aromatic heterocycles. The molecule has 3 aromatic rings. The minimum atomic E-state index is -0.811. The van der Waals surface area contributed by atoms with Crippen molar-refractivity contribution in [2.45, 2.75) is 26.2 Å². The third kappa shape index (κ3) is 2.95. The molecule has 4 nitrogen and oxygen atoms in total. The zero-order valence-corrected chi connectivity index (χ0v) is 15.8. The van der Waals surface area contributed by atoms with Gasteiger partial charge in [0.25, 0.3) is 0 Å². The van der Waals surface area contributed by atoms with Gasteiger partial charge in [-0.1, -0.05) is 50.2 Å². The Bertz CT molecular complexity index is 1140. The highest BCUT2D eigenvalue weighted by atomic mass is 16.5. The van der Waals surface area contributed by atoms with E-state index >= 15 is 0 Å². The Hall–Kier alpha value is -3.45. The monoisotopic (exact) mass is 368 g/mol. The summed E-state index contributed by atoms with van der Waals surface area (Å²) in [5.74, 6) is 0.991. The molecule has 4 heteroatoms. The van der Waals surface area contributed by atoms with Gasteiger partial charge in [-0.05, 0) is 41.7 Å². The van der Waals surface area contributed by atoms with E-state index in [1.165, 1.54) is 5.56 Å². The maximum atomic E-state index is 12.7. The summed E-state index contributed by atoms with van der Waals surface area (Å²) >= 11 is 0. The first kappa shape index (κ1) is 17.9. The van der Waals surface area contributed by atoms with Crippen LogP contribution >= 0.6 is 0 Å². The Kier molecular flexibility index (Phi) is 4.44. The molecule has 1 atom stereocenters. The number of hydrogen-bond donors (Lipinski definition) is 1. The number of nitriles is 1. The molecule has 1 aliphatic rings. The van der Waals surface area contributed by atoms with Crippen LogP contribution in [0.2, 0.25) is 0 Å². The molecule has 0 heterocycles. The Labute approximate surface area is 163 Å². The van der Waals surface area contributed by atoms with Gasteiger partial charge in [0, 0.05) is 16.3 Å². The molecule has 0 radical (unpaired) electrons. The molecule has 0 saturated carbocycles. The van der Waals surface area contributed by atoms with E-state index in [9.17, 15) is 4.79 Å². The van der Waals surface area contributed by atoms with E-state index in [4.69, 9.17) is 15.4 Å². The summed E-state index contributed by atoms with van der Waals surface area (Å²) in [4.78, 5) is 12.7. The zero-order chi connectivity index (χ0) is 19.8. The first-order valence-corrected chi connectivity index (χ1v) is 9.34. The van der Waals surface area contributed by atoms with Crippen LogP contribution in [-0.2, 0) is 6.42 Å². The number of nitrogens with zero attached hydrogens (tertiary/aromatic N) is 1. The second-order valence-electron chi connectivity index (χ2n) is 7.55. The summed E-state index contributed by atoms with van der Waals surface area (Å²) in [6, 6.07) is 19.0. The lowest BCUT2D eigenvalue weighted by molar-refractivity contribution is 0.0990. The fraction of sp³-hybridized carbons (Fsp3) is 0.208. The third-order valence-electron chi connectivity index (χ3n) is 5.08. The van der Waals surface area contributed by atoms with Crippen molar-refractivity contribution in [3.05, 3.63) is 71.3 Å². The summed E-state index contributed by atoms with van der Waals surface area (Å²) in [5.41, 5.74) is 2.31. The molecule has 0 saturated heterocycles. The molecule has 0 spiro atoms. The van der Waals surface area contributed by atoms with Crippen LogP contribution in [0.15, 0.2) is 54.6 Å². The van der Waals surface area contributed by atoms with Crippen molar-refractivity contribution in [1.82, 2.24) is 0 Å². The predicted molar refractivity (Wildman–Crippen MR) is 109 cm³/mol. The number of carbonyl (C=O) groups excluding carboxylic acids is 1. The quantitative estimate of drug-likeness (QED) is 0.591. The highest BCUT2D eigenvalue weighted by Crippen LogP contribution is 2.43. The second kappa shape index (κ2) is 6.94. The van der Waals surface area contributed by atoms with Crippen molar-refractivity contribution >= 4 is 22.3 Å². The predicted octanol–water partition coefficient (Wildman–Crippen LogP) is 5.65. The van der Waals surface area contributed by atoms with Crippen molar-refractivity contribution in [3.8, 4) is 17.6 Å². The average molecular weight is 368 g/mol. The van der Waals surface area contributed by atoms with Crippen LogP contribution in [0.4, 0.5) is 0 Å². The number of benzene rings is 3. The number of carbonyl (C=O) groups is 1. The molecule has 138 valence electrons. The normalized spacial score (nSPS) is 15.1. The molecule has 1 N–H and O–H groups in total. The van der Waals surface area contributed by atoms with E-state index in [-0.39, 0.29) is 11.5 Å². The molecule has 3 aromatic carbocycles. The van der Waals surface area contributed by atoms with Crippen molar-refractivity contribution in [1.29, 1.82) is 10.7 Å². The minimum absolute atomic E-state index is 0.192. The molecule has 1 aliphatic carbocycles. The summed E-state index contributed by atoms with van der Waals surface area (Å²) in [6.45, 7) is 4.38. The number of rotatable bonds is 5. The van der Waals surface area contributed by atoms with Gasteiger partial charge in [-0.25, -0.2) is 0 Å². The number of Topliss-reactive ketones (excluding diaryl/α,β-unsaturated/α-hetero) is 1. The van der Waals surface area contributed by atoms with E-state index in [0.717, 1.165) is 22.9 Å². The van der Waals surface area contributed by atoms with Gasteiger partial charge in [-0.3, -0.25) is 10.2 Å². The molecular formula is C24H20N2O2. The van der Waals surface area contributed by atoms with Gasteiger partial charge < -0.3 is 4.74 Å². The highest BCUT2D eigenvalue weighted by Gasteiger charge is 2.36. The Morgan fingerprint density at radius 1 is 1.14 bits per heavy atom. The molecule has 1 unspecified atom stereocenters. The van der Waals surface area contributed by atoms with Gasteiger partial charge in [0.15, 0.2) is 5.78 Å². The molecule has 0 fully saturated rings. The van der Waals surface area contributed by atoms with Gasteiger partial charge in [0.2, 0.25) is 0 Å². The van der Waals surface area contributed by atoms with Crippen LogP contribution in [0.5, 0.6) is 11.5 Å². The first-order chi connectivity index (χ1) is 13.5. The standard InChI is InChI=1S/C24H20N2O2/c1-14(2)12-15-6-8-16(9-7-15)28-21-11-10-18-22-17(21)4-3-5-19(22)24(27)23(18)20(26)13-25/h3-11,14,23,26H,12H2,1-2H3. The molecule has 0 aliphatic heterocycles. The molecular weight excluding hydrogens is 348 g/mol. The van der Waals surface area contributed by atoms with E-state index in [1.54, 1.807) is 12.1 Å². The van der Waals surface area contributed by atoms with Crippen LogP contribution in [0, 0.1) is 22.7 Å². The summed E-state index contributed by atoms with van der Waals surface area (Å²) < 4.78 is 6.12. The van der Waals surface area contributed by atoms with Crippen molar-refractivity contribution in [2.24, 2.45) is 5.92 Å². The average Bonchev–Trinajstić information content (AvgIpc) is 2.98. The third-order valence-corrected chi connectivity index (χ3v) is 5.08. The van der Waals surface area contributed by atoms with Crippen molar-refractivity contribution < 1.29 is 9.53 Å². The second-order valence-corrected chi connectivity index (χ2v) is 7.55. The van der Waals surface area contributed by atoms with E-state index < -0.39 is 5.92 Å². The maximum absolute atomic E-state index is 12.7. The topological polar surface area (TPSA) is 73.9 Å². The maximum Gasteiger partial charge on any atom is 0.177 e. The van der Waals surface area contributed by atoms with Gasteiger partial charge in [0.05, 0.1) is 5.92 Å². The Morgan fingerprint density at radius 2 is 1.89 bits per heavy atom. The number of hydrogen-bond acceptors (Lipinski definition) is 4.